The standard InChI is InChI=1S/C21H25NO4S/c1-3-4-13-26-18-7-10-20-17(14-18)11-12-22(15-21(20)23)27(24,25)19-8-5-16(2)6-9-19/h5-10,14H,3-4,11-13,15H2,1-2H3. The number of sulfonamides is 1. The number of aryl methyl sites for hydroxylation is 1. The van der Waals surface area contributed by atoms with Crippen molar-refractivity contribution in [2.24, 2.45) is 0 Å². The van der Waals surface area contributed by atoms with Gasteiger partial charge < -0.3 is 4.74 Å². The molecule has 0 fully saturated rings. The van der Waals surface area contributed by atoms with Gasteiger partial charge in [0, 0.05) is 12.1 Å². The first kappa shape index (κ1) is 19.6. The van der Waals surface area contributed by atoms with Crippen LogP contribution in [0.2, 0.25) is 0 Å². The topological polar surface area (TPSA) is 63.7 Å². The van der Waals surface area contributed by atoms with E-state index < -0.39 is 10.0 Å². The predicted octanol–water partition coefficient (Wildman–Crippen LogP) is 3.60. The molecule has 0 unspecified atom stereocenters. The van der Waals surface area contributed by atoms with Gasteiger partial charge in [-0.3, -0.25) is 4.79 Å². The zero-order chi connectivity index (χ0) is 19.4. The summed E-state index contributed by atoms with van der Waals surface area (Å²) in [5.41, 5.74) is 2.42. The van der Waals surface area contributed by atoms with Crippen molar-refractivity contribution < 1.29 is 17.9 Å². The average Bonchev–Trinajstić information content (AvgIpc) is 2.81. The van der Waals surface area contributed by atoms with Gasteiger partial charge in [0.2, 0.25) is 10.0 Å². The number of nitrogens with zero attached hydrogens (tertiary/aromatic N) is 1. The Hall–Kier alpha value is -2.18. The number of hydrogen-bond acceptors (Lipinski definition) is 4. The largest absolute Gasteiger partial charge is 0.494 e. The van der Waals surface area contributed by atoms with Crippen LogP contribution in [-0.2, 0) is 16.4 Å². The highest BCUT2D eigenvalue weighted by atomic mass is 32.2. The molecule has 144 valence electrons. The molecule has 1 aliphatic heterocycles. The van der Waals surface area contributed by atoms with E-state index in [9.17, 15) is 13.2 Å². The van der Waals surface area contributed by atoms with Gasteiger partial charge in [-0.25, -0.2) is 8.42 Å². The summed E-state index contributed by atoms with van der Waals surface area (Å²) in [4.78, 5) is 12.9. The molecule has 0 radical (unpaired) electrons. The van der Waals surface area contributed by atoms with Gasteiger partial charge in [-0.1, -0.05) is 31.0 Å². The van der Waals surface area contributed by atoms with E-state index in [1.165, 1.54) is 4.31 Å². The Morgan fingerprint density at radius 2 is 1.85 bits per heavy atom. The van der Waals surface area contributed by atoms with Crippen LogP contribution in [0, 0.1) is 6.92 Å². The van der Waals surface area contributed by atoms with Crippen LogP contribution in [0.5, 0.6) is 5.75 Å². The highest BCUT2D eigenvalue weighted by Gasteiger charge is 2.30. The minimum atomic E-state index is -3.70. The Labute approximate surface area is 161 Å². The lowest BCUT2D eigenvalue weighted by Gasteiger charge is -2.19. The first-order valence-corrected chi connectivity index (χ1v) is 10.7. The maximum atomic E-state index is 12.9. The Kier molecular flexibility index (Phi) is 5.97. The van der Waals surface area contributed by atoms with Gasteiger partial charge in [-0.15, -0.1) is 0 Å². The second kappa shape index (κ2) is 8.23. The number of ketones is 1. The minimum Gasteiger partial charge on any atom is -0.494 e. The van der Waals surface area contributed by atoms with Gasteiger partial charge in [0.05, 0.1) is 18.0 Å². The second-order valence-corrected chi connectivity index (χ2v) is 8.78. The number of Topliss-reactive ketones (excluding diaryl/α,β-unsaturated/α-hetero) is 1. The molecule has 0 N–H and O–H groups in total. The number of benzene rings is 2. The molecule has 0 saturated carbocycles. The number of hydrogen-bond donors (Lipinski definition) is 0. The zero-order valence-electron chi connectivity index (χ0n) is 15.8. The molecule has 0 aliphatic carbocycles. The summed E-state index contributed by atoms with van der Waals surface area (Å²) >= 11 is 0. The molecular weight excluding hydrogens is 362 g/mol. The minimum absolute atomic E-state index is 0.140. The highest BCUT2D eigenvalue weighted by Crippen LogP contribution is 2.25. The Bertz CT molecular complexity index is 920. The predicted molar refractivity (Wildman–Crippen MR) is 105 cm³/mol. The van der Waals surface area contributed by atoms with Crippen LogP contribution in [-0.4, -0.2) is 38.2 Å². The van der Waals surface area contributed by atoms with Crippen LogP contribution in [0.1, 0.15) is 41.3 Å². The molecular formula is C21H25NO4S. The summed E-state index contributed by atoms with van der Waals surface area (Å²) in [6.07, 6.45) is 2.50. The molecule has 3 rings (SSSR count). The first-order valence-electron chi connectivity index (χ1n) is 9.27. The number of ether oxygens (including phenoxy) is 1. The van der Waals surface area contributed by atoms with Crippen molar-refractivity contribution >= 4 is 15.8 Å². The summed E-state index contributed by atoms with van der Waals surface area (Å²) in [5, 5.41) is 0. The Balaban J connectivity index is 1.81. The van der Waals surface area contributed by atoms with Crippen LogP contribution < -0.4 is 4.74 Å². The maximum absolute atomic E-state index is 12.9. The van der Waals surface area contributed by atoms with Crippen LogP contribution >= 0.6 is 0 Å². The molecule has 0 amide bonds. The lowest BCUT2D eigenvalue weighted by atomic mass is 10.0. The van der Waals surface area contributed by atoms with E-state index >= 15 is 0 Å². The fraction of sp³-hybridized carbons (Fsp3) is 0.381. The third kappa shape index (κ3) is 4.39. The zero-order valence-corrected chi connectivity index (χ0v) is 16.6. The van der Waals surface area contributed by atoms with Crippen molar-refractivity contribution in [3.63, 3.8) is 0 Å². The van der Waals surface area contributed by atoms with Crippen LogP contribution in [0.4, 0.5) is 0 Å². The summed E-state index contributed by atoms with van der Waals surface area (Å²) in [7, 11) is -3.70. The Morgan fingerprint density at radius 1 is 1.11 bits per heavy atom. The van der Waals surface area contributed by atoms with Gasteiger partial charge in [-0.2, -0.15) is 4.31 Å². The quantitative estimate of drug-likeness (QED) is 0.711. The second-order valence-electron chi connectivity index (χ2n) is 6.85. The number of carbonyl (C=O) groups excluding carboxylic acids is 1. The molecule has 0 atom stereocenters. The maximum Gasteiger partial charge on any atom is 0.243 e. The molecule has 6 heteroatoms. The molecule has 2 aromatic carbocycles. The van der Waals surface area contributed by atoms with E-state index in [4.69, 9.17) is 4.74 Å². The molecule has 0 aromatic heterocycles. The van der Waals surface area contributed by atoms with E-state index in [-0.39, 0.29) is 23.8 Å². The van der Waals surface area contributed by atoms with Crippen molar-refractivity contribution in [3.05, 3.63) is 59.2 Å². The smallest absolute Gasteiger partial charge is 0.243 e. The highest BCUT2D eigenvalue weighted by molar-refractivity contribution is 7.89. The average molecular weight is 388 g/mol. The summed E-state index contributed by atoms with van der Waals surface area (Å²) < 4.78 is 32.9. The summed E-state index contributed by atoms with van der Waals surface area (Å²) in [6.45, 7) is 4.77. The molecule has 1 heterocycles. The fourth-order valence-electron chi connectivity index (χ4n) is 3.11. The van der Waals surface area contributed by atoms with Crippen molar-refractivity contribution in [2.45, 2.75) is 38.0 Å². The lowest BCUT2D eigenvalue weighted by Crippen LogP contribution is -2.35. The van der Waals surface area contributed by atoms with E-state index in [0.29, 0.717) is 18.6 Å². The number of carbonyl (C=O) groups is 1. The molecule has 5 nitrogen and oxygen atoms in total. The van der Waals surface area contributed by atoms with Crippen LogP contribution in [0.3, 0.4) is 0 Å². The first-order chi connectivity index (χ1) is 12.9. The molecule has 0 spiro atoms. The van der Waals surface area contributed by atoms with E-state index in [1.807, 2.05) is 13.0 Å². The van der Waals surface area contributed by atoms with Gasteiger partial charge >= 0.3 is 0 Å². The summed E-state index contributed by atoms with van der Waals surface area (Å²) in [5.74, 6) is 0.545. The van der Waals surface area contributed by atoms with Crippen molar-refractivity contribution in [1.82, 2.24) is 4.31 Å². The van der Waals surface area contributed by atoms with Crippen LogP contribution in [0.25, 0.3) is 0 Å². The number of unbranched alkanes of at least 4 members (excludes halogenated alkanes) is 1. The summed E-state index contributed by atoms with van der Waals surface area (Å²) in [6, 6.07) is 12.1. The van der Waals surface area contributed by atoms with Crippen molar-refractivity contribution in [1.29, 1.82) is 0 Å². The molecule has 2 aromatic rings. The van der Waals surface area contributed by atoms with Gasteiger partial charge in [0.25, 0.3) is 0 Å². The molecule has 0 saturated heterocycles. The number of rotatable bonds is 6. The van der Waals surface area contributed by atoms with Gasteiger partial charge in [0.15, 0.2) is 5.78 Å². The van der Waals surface area contributed by atoms with Crippen molar-refractivity contribution in [2.75, 3.05) is 19.7 Å². The van der Waals surface area contributed by atoms with Crippen LogP contribution in [0.15, 0.2) is 47.4 Å². The van der Waals surface area contributed by atoms with Crippen molar-refractivity contribution in [3.8, 4) is 5.75 Å². The van der Waals surface area contributed by atoms with Gasteiger partial charge in [-0.05, 0) is 55.7 Å². The molecule has 0 bridgehead atoms. The normalized spacial score (nSPS) is 15.3. The number of fused-ring (bicyclic) bond motifs is 1. The Morgan fingerprint density at radius 3 is 2.56 bits per heavy atom. The SMILES string of the molecule is CCCCOc1ccc2c(c1)CCN(S(=O)(=O)c1ccc(C)cc1)CC2=O. The van der Waals surface area contributed by atoms with E-state index in [2.05, 4.69) is 6.92 Å². The lowest BCUT2D eigenvalue weighted by molar-refractivity contribution is 0.0971. The van der Waals surface area contributed by atoms with Gasteiger partial charge in [0.1, 0.15) is 5.75 Å². The molecule has 1 aliphatic rings. The third-order valence-corrected chi connectivity index (χ3v) is 6.61. The fourth-order valence-corrected chi connectivity index (χ4v) is 4.50. The third-order valence-electron chi connectivity index (χ3n) is 4.75. The molecule has 27 heavy (non-hydrogen) atoms. The monoisotopic (exact) mass is 387 g/mol. The van der Waals surface area contributed by atoms with E-state index in [1.54, 1.807) is 36.4 Å². The van der Waals surface area contributed by atoms with E-state index in [0.717, 1.165) is 29.7 Å².